The van der Waals surface area contributed by atoms with Gasteiger partial charge in [0.25, 0.3) is 0 Å². The van der Waals surface area contributed by atoms with Crippen molar-refractivity contribution in [2.24, 2.45) is 5.73 Å². The van der Waals surface area contributed by atoms with E-state index in [2.05, 4.69) is 65.4 Å². The van der Waals surface area contributed by atoms with Gasteiger partial charge in [0.1, 0.15) is 137 Å². The van der Waals surface area contributed by atoms with Crippen LogP contribution in [0.1, 0.15) is 159 Å². The largest absolute Gasteiger partial charge is 0.508 e. The fourth-order valence-corrected chi connectivity index (χ4v) is 16.9. The zero-order valence-electron chi connectivity index (χ0n) is 72.0. The number of aliphatic hydroxyl groups excluding tert-OH is 8. The van der Waals surface area contributed by atoms with E-state index in [-0.39, 0.29) is 59.9 Å². The second-order valence-electron chi connectivity index (χ2n) is 33.0. The van der Waals surface area contributed by atoms with Gasteiger partial charge in [0.2, 0.25) is 65.6 Å². The lowest BCUT2D eigenvalue weighted by atomic mass is 9.89. The van der Waals surface area contributed by atoms with Crippen molar-refractivity contribution in [2.45, 2.75) is 200 Å². The van der Waals surface area contributed by atoms with Crippen molar-refractivity contribution < 1.29 is 133 Å². The first-order chi connectivity index (χ1) is 63.5. The van der Waals surface area contributed by atoms with Crippen LogP contribution in [0, 0.1) is 0 Å². The maximum atomic E-state index is 16.9. The highest BCUT2D eigenvalue weighted by atomic mass is 35.5. The molecule has 132 heavy (non-hydrogen) atoms. The predicted octanol–water partition coefficient (Wildman–Crippen LogP) is 3.19. The topological polar surface area (TPSA) is 602 Å². The molecule has 39 nitrogen and oxygen atoms in total. The molecule has 0 radical (unpaired) electrons. The SMILES string of the molecule is CCCCCCCCCCC(=O)N[C@H]1[C@H](Oc2c3cc4cc2Oc2ccc(cc2Cl)[C@@H](O)[C@@H]2NC(=O)[C@H](NC(=O)[C@@H]4NC(=O)[C@H]4NC(=O)[C@@H](Cc5ccc(cc5)O3)NC(=O)[C@H](NC)c3ccc(O)c(c3)Oc3cc(O)c(Cl)c4c3)c3ccc(O)c(c3)-c3c(O[C@H]4O[C@H](CO)[C@@H](O)[C@H](O)[C@@H]4O)cc(O)cc3[C@H](C(=O)NCCCNCCCNCCCN)NC2=O)O[C@H](CO)[C@@H](O)[C@@H]1O. The molecule has 7 aromatic carbocycles. The molecule has 15 rings (SSSR count). The third-order valence-corrected chi connectivity index (χ3v) is 24.3. The average Bonchev–Trinajstić information content (AvgIpc) is 0.755. The summed E-state index contributed by atoms with van der Waals surface area (Å²) < 4.78 is 45.1. The summed E-state index contributed by atoms with van der Waals surface area (Å²) in [5.74, 6) is -15.5. The van der Waals surface area contributed by atoms with E-state index in [0.29, 0.717) is 44.6 Å². The number of amides is 8. The number of fused-ring (bicyclic) bond motifs is 14. The van der Waals surface area contributed by atoms with Crippen molar-refractivity contribution in [3.63, 3.8) is 0 Å². The number of likely N-dealkylation sites (N-methyl/N-ethyl adjacent to an activating group) is 1. The van der Waals surface area contributed by atoms with Gasteiger partial charge in [0, 0.05) is 48.2 Å². The molecule has 18 atom stereocenters. The zero-order chi connectivity index (χ0) is 94.3. The Bertz CT molecular complexity index is 5320. The Morgan fingerprint density at radius 2 is 1.11 bits per heavy atom. The number of rotatable bonds is 29. The van der Waals surface area contributed by atoms with E-state index in [1.807, 2.05) is 0 Å². The van der Waals surface area contributed by atoms with E-state index in [4.69, 9.17) is 62.1 Å². The minimum absolute atomic E-state index is 0.0760. The third-order valence-electron chi connectivity index (χ3n) is 23.6. The number of ether oxygens (including phenoxy) is 7. The molecule has 8 aliphatic heterocycles. The number of carbonyl (C=O) groups excluding carboxylic acids is 8. The lowest BCUT2D eigenvalue weighted by Gasteiger charge is -2.42. The highest BCUT2D eigenvalue weighted by molar-refractivity contribution is 6.33. The molecule has 17 bridgehead atoms. The van der Waals surface area contributed by atoms with Gasteiger partial charge < -0.3 is 159 Å². The summed E-state index contributed by atoms with van der Waals surface area (Å²) in [7, 11) is 1.44. The normalized spacial score (nSPS) is 25.4. The number of nitrogens with one attached hydrogen (secondary N) is 11. The second-order valence-corrected chi connectivity index (χ2v) is 33.8. The first-order valence-corrected chi connectivity index (χ1v) is 44.5. The molecule has 0 spiro atoms. The molecule has 8 aliphatic rings. The van der Waals surface area contributed by atoms with E-state index in [1.165, 1.54) is 61.6 Å². The number of aliphatic hydroxyl groups is 8. The number of unbranched alkanes of at least 4 members (excludes halogenated alkanes) is 7. The average molecular weight is 1870 g/mol. The molecule has 41 heteroatoms. The molecular formula is C91H110Cl2N12O27. The Labute approximate surface area is 767 Å². The molecule has 710 valence electrons. The summed E-state index contributed by atoms with van der Waals surface area (Å²) in [4.78, 5) is 126. The lowest BCUT2D eigenvalue weighted by Crippen LogP contribution is -2.65. The van der Waals surface area contributed by atoms with Gasteiger partial charge in [-0.3, -0.25) is 38.4 Å². The Morgan fingerprint density at radius 1 is 0.508 bits per heavy atom. The second kappa shape index (κ2) is 44.8. The predicted molar refractivity (Wildman–Crippen MR) is 472 cm³/mol. The Kier molecular flexibility index (Phi) is 33.3. The van der Waals surface area contributed by atoms with Crippen molar-refractivity contribution in [3.05, 3.63) is 164 Å². The van der Waals surface area contributed by atoms with Gasteiger partial charge in [-0.1, -0.05) is 105 Å². The molecule has 0 saturated carbocycles. The maximum Gasteiger partial charge on any atom is 0.248 e. The monoisotopic (exact) mass is 1870 g/mol. The molecule has 0 aromatic heterocycles. The van der Waals surface area contributed by atoms with Crippen molar-refractivity contribution in [1.29, 1.82) is 0 Å². The van der Waals surface area contributed by atoms with Crippen molar-refractivity contribution in [1.82, 2.24) is 58.5 Å². The molecule has 2 saturated heterocycles. The van der Waals surface area contributed by atoms with Gasteiger partial charge in [-0.15, -0.1) is 0 Å². The first kappa shape index (κ1) is 98.0. The number of phenols is 4. The molecule has 8 amide bonds. The molecule has 0 unspecified atom stereocenters. The summed E-state index contributed by atoms with van der Waals surface area (Å²) in [6.45, 7) is 2.93. The van der Waals surface area contributed by atoms with Crippen molar-refractivity contribution >= 4 is 70.5 Å². The number of carbonyl (C=O) groups is 8. The van der Waals surface area contributed by atoms with E-state index in [1.54, 1.807) is 0 Å². The van der Waals surface area contributed by atoms with Crippen LogP contribution in [0.25, 0.3) is 11.1 Å². The number of hydrogen-bond donors (Lipinski definition) is 24. The zero-order valence-corrected chi connectivity index (χ0v) is 73.5. The van der Waals surface area contributed by atoms with Crippen LogP contribution in [0.5, 0.6) is 69.0 Å². The fraction of sp³-hybridized carbons (Fsp3) is 0.451. The molecule has 8 heterocycles. The molecule has 25 N–H and O–H groups in total. The summed E-state index contributed by atoms with van der Waals surface area (Å²) in [6.07, 6.45) is -11.3. The Hall–Kier alpha value is -11.5. The summed E-state index contributed by atoms with van der Waals surface area (Å²) in [5, 5.41) is 169. The Balaban J connectivity index is 1.02. The van der Waals surface area contributed by atoms with Crippen LogP contribution >= 0.6 is 23.2 Å². The van der Waals surface area contributed by atoms with Gasteiger partial charge in [-0.2, -0.15) is 0 Å². The summed E-state index contributed by atoms with van der Waals surface area (Å²) in [5.41, 5.74) is 3.17. The smallest absolute Gasteiger partial charge is 0.248 e. The van der Waals surface area contributed by atoms with E-state index < -0.39 is 260 Å². The first-order valence-electron chi connectivity index (χ1n) is 43.8. The number of phenolic OH excluding ortho intramolecular Hbond substituents is 4. The van der Waals surface area contributed by atoms with Crippen LogP contribution in [-0.4, -0.2) is 241 Å². The minimum Gasteiger partial charge on any atom is -0.508 e. The van der Waals surface area contributed by atoms with Crippen LogP contribution in [0.4, 0.5) is 0 Å². The van der Waals surface area contributed by atoms with Gasteiger partial charge in [0.05, 0.1) is 23.3 Å². The molecule has 2 fully saturated rings. The van der Waals surface area contributed by atoms with E-state index in [0.717, 1.165) is 119 Å². The van der Waals surface area contributed by atoms with Crippen LogP contribution in [0.15, 0.2) is 115 Å². The molecule has 0 aliphatic carbocycles. The van der Waals surface area contributed by atoms with Gasteiger partial charge >= 0.3 is 0 Å². The standard InChI is InChI=1S/C91H110Cl2N12O27/c1-3-4-5-6-7-8-9-10-14-66(112)100-75-79(116)77(114)64(41-106)130-90(75)132-82-62-35-47-36-63(82)128-59-24-19-46(33-54(59)92)76(113)74-89(125)104-72(84(120)98-30-13-29-97-28-12-27-96-26-11-25-94)52-37-48(108)38-61(129-91-81(118)80(117)78(115)65(42-107)131-91)67(52)51-32-44(17-22-56(51)109)70(86(122)105-74)101-87(123)71(47)102-88(124)73-53-39-50(40-58(111)68(53)93)127-60-34-45(18-23-57(60)110)69(95-2)85(121)99-55(83(119)103-73)31-43-15-20-49(126-62)21-16-43/h15-24,32-40,55,64-65,69-81,90-91,95-97,106-111,113-118H,3-14,25-31,41-42,94H2,1-2H3,(H,98,120)(H,99,121)(H,100,112)(H,101,123)(H,102,124)(H,103,119)(H,104,125)(H,105,122)/t55-,64-,65-,69-,70-,71-,72-,73+,74+,75-,76-,77-,78-,79-,80+,81+,90+,91+/m1/s1. The van der Waals surface area contributed by atoms with Crippen molar-refractivity contribution in [2.75, 3.05) is 59.5 Å². The van der Waals surface area contributed by atoms with Gasteiger partial charge in [0.15, 0.2) is 23.0 Å². The third kappa shape index (κ3) is 23.0. The quantitative estimate of drug-likeness (QED) is 0.0299. The number of nitrogens with two attached hydrogens (primary N) is 1. The summed E-state index contributed by atoms with van der Waals surface area (Å²) in [6, 6.07) is 6.55. The van der Waals surface area contributed by atoms with Gasteiger partial charge in [-0.05, 0) is 172 Å². The van der Waals surface area contributed by atoms with Crippen molar-refractivity contribution in [3.8, 4) is 80.1 Å². The number of aromatic hydroxyl groups is 4. The minimum atomic E-state index is -2.41. The van der Waals surface area contributed by atoms with Crippen LogP contribution in [0.3, 0.4) is 0 Å². The highest BCUT2D eigenvalue weighted by Crippen LogP contribution is 2.51. The van der Waals surface area contributed by atoms with E-state index in [9.17, 15) is 70.9 Å². The highest BCUT2D eigenvalue weighted by Gasteiger charge is 2.50. The number of hydrogen-bond acceptors (Lipinski definition) is 31. The molecule has 7 aromatic rings. The summed E-state index contributed by atoms with van der Waals surface area (Å²) >= 11 is 14.4. The van der Waals surface area contributed by atoms with Crippen LogP contribution in [-0.2, 0) is 54.3 Å². The lowest BCUT2D eigenvalue weighted by molar-refractivity contribution is -0.277. The van der Waals surface area contributed by atoms with Crippen LogP contribution in [0.2, 0.25) is 10.0 Å². The molecular weight excluding hydrogens is 1760 g/mol. The van der Waals surface area contributed by atoms with E-state index >= 15 is 28.8 Å². The fourth-order valence-electron chi connectivity index (χ4n) is 16.4. The Morgan fingerprint density at radius 3 is 1.80 bits per heavy atom. The number of halogens is 2. The van der Waals surface area contributed by atoms with Gasteiger partial charge in [-0.25, -0.2) is 0 Å². The maximum absolute atomic E-state index is 16.9. The van der Waals surface area contributed by atoms with Crippen LogP contribution < -0.4 is 87.9 Å². The number of benzene rings is 7.